The van der Waals surface area contributed by atoms with Crippen LogP contribution in [0, 0.1) is 5.82 Å². The number of hydrogen-bond donors (Lipinski definition) is 2. The Labute approximate surface area is 184 Å². The smallest absolute Gasteiger partial charge is 0.370 e. The normalized spacial score (nSPS) is 15.7. The van der Waals surface area contributed by atoms with Gasteiger partial charge in [0.05, 0.1) is 16.8 Å². The highest BCUT2D eigenvalue weighted by atomic mass is 19.4. The molecule has 0 atom stereocenters. The first-order valence-corrected chi connectivity index (χ1v) is 10.1. The predicted molar refractivity (Wildman–Crippen MR) is 113 cm³/mol. The van der Waals surface area contributed by atoms with Crippen LogP contribution in [0.25, 0.3) is 0 Å². The highest BCUT2D eigenvalue weighted by molar-refractivity contribution is 6.13. The van der Waals surface area contributed by atoms with Crippen LogP contribution < -0.4 is 20.7 Å². The van der Waals surface area contributed by atoms with Gasteiger partial charge in [0.25, 0.3) is 5.91 Å². The second-order valence-electron chi connectivity index (χ2n) is 7.78. The van der Waals surface area contributed by atoms with Crippen LogP contribution >= 0.6 is 0 Å². The molecule has 0 saturated carbocycles. The maximum Gasteiger partial charge on any atom is 0.417 e. The number of nitrogens with one attached hydrogen (secondary N) is 2. The van der Waals surface area contributed by atoms with Gasteiger partial charge in [-0.1, -0.05) is 0 Å². The van der Waals surface area contributed by atoms with Crippen molar-refractivity contribution in [1.82, 2.24) is 9.97 Å². The molecule has 3 aromatic rings. The molecule has 2 aromatic heterocycles. The first-order chi connectivity index (χ1) is 15.7. The van der Waals surface area contributed by atoms with Gasteiger partial charge in [-0.2, -0.15) is 13.2 Å². The van der Waals surface area contributed by atoms with E-state index in [0.29, 0.717) is 42.5 Å². The van der Waals surface area contributed by atoms with Crippen molar-refractivity contribution < 1.29 is 22.4 Å². The van der Waals surface area contributed by atoms with Gasteiger partial charge < -0.3 is 15.2 Å². The van der Waals surface area contributed by atoms with E-state index in [1.165, 1.54) is 35.2 Å². The number of carbonyl (C=O) groups excluding carboxylic acids is 1. The predicted octanol–water partition coefficient (Wildman–Crippen LogP) is 4.04. The van der Waals surface area contributed by atoms with Crippen LogP contribution in [0.1, 0.15) is 27.9 Å². The van der Waals surface area contributed by atoms with Crippen molar-refractivity contribution in [1.29, 1.82) is 0 Å². The number of aryl methyl sites for hydroxylation is 1. The molecular weight excluding hydrogens is 442 g/mol. The third-order valence-electron chi connectivity index (χ3n) is 5.65. The van der Waals surface area contributed by atoms with E-state index < -0.39 is 29.0 Å². The molecule has 2 bridgehead atoms. The number of carbonyl (C=O) groups is 1. The minimum atomic E-state index is -4.69. The Morgan fingerprint density at radius 3 is 2.58 bits per heavy atom. The summed E-state index contributed by atoms with van der Waals surface area (Å²) in [7, 11) is 0. The Morgan fingerprint density at radius 2 is 1.79 bits per heavy atom. The number of fused-ring (bicyclic) bond motifs is 8. The zero-order valence-electron chi connectivity index (χ0n) is 17.0. The Hall–Kier alpha value is -3.89. The molecule has 2 aliphatic heterocycles. The zero-order chi connectivity index (χ0) is 23.3. The molecule has 0 saturated heterocycles. The number of pyridine rings is 2. The molecule has 2 N–H and O–H groups in total. The number of rotatable bonds is 0. The van der Waals surface area contributed by atoms with Crippen LogP contribution in [0.5, 0.6) is 0 Å². The first kappa shape index (κ1) is 21.0. The Balaban J connectivity index is 1.76. The van der Waals surface area contributed by atoms with Gasteiger partial charge in [-0.3, -0.25) is 14.5 Å². The van der Waals surface area contributed by atoms with Gasteiger partial charge in [-0.15, -0.1) is 0 Å². The van der Waals surface area contributed by atoms with Gasteiger partial charge in [-0.05, 0) is 48.7 Å². The molecule has 0 radical (unpaired) electrons. The number of anilines is 4. The van der Waals surface area contributed by atoms with Crippen molar-refractivity contribution >= 4 is 28.9 Å². The number of nitrogens with zero attached hydrogens (tertiary/aromatic N) is 3. The van der Waals surface area contributed by atoms with Gasteiger partial charge in [0.2, 0.25) is 5.56 Å². The van der Waals surface area contributed by atoms with Crippen molar-refractivity contribution in [2.75, 3.05) is 28.3 Å². The highest BCUT2D eigenvalue weighted by Gasteiger charge is 2.38. The van der Waals surface area contributed by atoms with Gasteiger partial charge in [0.1, 0.15) is 24.1 Å². The zero-order valence-corrected chi connectivity index (χ0v) is 17.0. The molecule has 2 aliphatic rings. The van der Waals surface area contributed by atoms with E-state index in [0.717, 1.165) is 6.07 Å². The quantitative estimate of drug-likeness (QED) is 0.496. The number of benzene rings is 1. The average Bonchev–Trinajstić information content (AvgIpc) is 2.79. The standard InChI is InChI=1S/C22H17F4N5O2/c23-14-3-4-16-12(8-14)2-1-7-27-19-17(5-6-18(32)29-19)31-11-30(16)20-15(21(31)33)9-13(10-28-20)22(24,25)26/h3-6,8-10H,1-2,7,11H2,(H2,27,29,32). The molecule has 0 aliphatic carbocycles. The van der Waals surface area contributed by atoms with E-state index in [2.05, 4.69) is 15.3 Å². The molecule has 0 spiro atoms. The number of alkyl halides is 3. The summed E-state index contributed by atoms with van der Waals surface area (Å²) in [6.07, 6.45) is -2.98. The van der Waals surface area contributed by atoms with Crippen molar-refractivity contribution in [2.45, 2.75) is 19.0 Å². The van der Waals surface area contributed by atoms with E-state index in [4.69, 9.17) is 0 Å². The number of amides is 1. The summed E-state index contributed by atoms with van der Waals surface area (Å²) in [5, 5.41) is 3.07. The monoisotopic (exact) mass is 459 g/mol. The van der Waals surface area contributed by atoms with E-state index in [-0.39, 0.29) is 23.9 Å². The second-order valence-corrected chi connectivity index (χ2v) is 7.78. The summed E-state index contributed by atoms with van der Waals surface area (Å²) >= 11 is 0. The molecule has 7 nitrogen and oxygen atoms in total. The fraction of sp³-hybridized carbons (Fsp3) is 0.227. The number of halogens is 4. The van der Waals surface area contributed by atoms with Gasteiger partial charge in [-0.25, -0.2) is 9.37 Å². The van der Waals surface area contributed by atoms with Crippen LogP contribution in [0.3, 0.4) is 0 Å². The van der Waals surface area contributed by atoms with E-state index in [1.807, 2.05) is 0 Å². The maximum absolute atomic E-state index is 14.0. The Bertz CT molecular complexity index is 1320. The summed E-state index contributed by atoms with van der Waals surface area (Å²) in [6, 6.07) is 7.60. The van der Waals surface area contributed by atoms with E-state index in [9.17, 15) is 27.2 Å². The van der Waals surface area contributed by atoms with Crippen LogP contribution in [-0.4, -0.2) is 29.1 Å². The van der Waals surface area contributed by atoms with E-state index >= 15 is 0 Å². The summed E-state index contributed by atoms with van der Waals surface area (Å²) in [5.41, 5.74) is -0.237. The SMILES string of the molecule is O=C1c2cc(C(F)(F)F)cnc2N2CN1c1ccc(=O)[nH]c1NCCCc1cc(F)ccc12. The van der Waals surface area contributed by atoms with Gasteiger partial charge >= 0.3 is 6.18 Å². The molecule has 11 heteroatoms. The molecule has 170 valence electrons. The minimum Gasteiger partial charge on any atom is -0.370 e. The topological polar surface area (TPSA) is 81.3 Å². The molecule has 4 heterocycles. The fourth-order valence-corrected chi connectivity index (χ4v) is 4.12. The maximum atomic E-state index is 14.0. The Morgan fingerprint density at radius 1 is 1.00 bits per heavy atom. The van der Waals surface area contributed by atoms with E-state index in [1.54, 1.807) is 4.90 Å². The molecule has 33 heavy (non-hydrogen) atoms. The third-order valence-corrected chi connectivity index (χ3v) is 5.65. The lowest BCUT2D eigenvalue weighted by molar-refractivity contribution is -0.137. The lowest BCUT2D eigenvalue weighted by atomic mass is 10.0. The lowest BCUT2D eigenvalue weighted by Gasteiger charge is -2.38. The summed E-state index contributed by atoms with van der Waals surface area (Å²) < 4.78 is 54.2. The third kappa shape index (κ3) is 3.69. The number of H-pyrrole nitrogens is 1. The van der Waals surface area contributed by atoms with Crippen molar-refractivity contribution in [3.63, 3.8) is 0 Å². The average molecular weight is 459 g/mol. The van der Waals surface area contributed by atoms with Gasteiger partial charge in [0, 0.05) is 24.5 Å². The lowest BCUT2D eigenvalue weighted by Crippen LogP contribution is -2.46. The van der Waals surface area contributed by atoms with Crippen LogP contribution in [0.15, 0.2) is 47.4 Å². The largest absolute Gasteiger partial charge is 0.417 e. The van der Waals surface area contributed by atoms with Crippen molar-refractivity contribution in [3.05, 3.63) is 75.5 Å². The first-order valence-electron chi connectivity index (χ1n) is 10.1. The molecule has 0 fully saturated rings. The van der Waals surface area contributed by atoms with Crippen molar-refractivity contribution in [2.24, 2.45) is 0 Å². The minimum absolute atomic E-state index is 0.0512. The summed E-state index contributed by atoms with van der Waals surface area (Å²) in [6.45, 7) is 0.317. The van der Waals surface area contributed by atoms with Crippen molar-refractivity contribution in [3.8, 4) is 0 Å². The fourth-order valence-electron chi connectivity index (χ4n) is 4.12. The second kappa shape index (κ2) is 7.61. The number of aromatic nitrogens is 2. The molecule has 5 rings (SSSR count). The molecule has 1 aromatic carbocycles. The molecule has 0 unspecified atom stereocenters. The molecular formula is C22H17F4N5O2. The summed E-state index contributed by atoms with van der Waals surface area (Å²) in [5.74, 6) is -0.820. The number of aromatic amines is 1. The van der Waals surface area contributed by atoms with Gasteiger partial charge in [0.15, 0.2) is 0 Å². The van der Waals surface area contributed by atoms with Crippen LogP contribution in [0.4, 0.5) is 40.6 Å². The Kier molecular flexibility index (Phi) is 4.84. The highest BCUT2D eigenvalue weighted by Crippen LogP contribution is 2.40. The van der Waals surface area contributed by atoms with Crippen LogP contribution in [-0.2, 0) is 12.6 Å². The number of hydrogen-bond acceptors (Lipinski definition) is 5. The molecule has 1 amide bonds. The van der Waals surface area contributed by atoms with Crippen LogP contribution in [0.2, 0.25) is 0 Å². The summed E-state index contributed by atoms with van der Waals surface area (Å²) in [4.78, 5) is 34.8.